The summed E-state index contributed by atoms with van der Waals surface area (Å²) in [5.74, 6) is 2.37. The Hall–Kier alpha value is -2.57. The number of aromatic amines is 1. The molecule has 1 N–H and O–H groups in total. The van der Waals surface area contributed by atoms with Crippen LogP contribution in [0.2, 0.25) is 0 Å². The highest BCUT2D eigenvalue weighted by molar-refractivity contribution is 5.80. The average molecular weight is 356 g/mol. The summed E-state index contributed by atoms with van der Waals surface area (Å²) in [6.45, 7) is 5.40. The largest absolute Gasteiger partial charge is 0.497 e. The van der Waals surface area contributed by atoms with Crippen LogP contribution in [-0.4, -0.2) is 43.2 Å². The van der Waals surface area contributed by atoms with Gasteiger partial charge < -0.3 is 23.9 Å². The topological polar surface area (TPSA) is 65.6 Å². The molecule has 0 unspecified atom stereocenters. The van der Waals surface area contributed by atoms with E-state index in [9.17, 15) is 0 Å². The first-order valence-electron chi connectivity index (χ1n) is 8.73. The second-order valence-electron chi connectivity index (χ2n) is 5.64. The quantitative estimate of drug-likeness (QED) is 0.587. The lowest BCUT2D eigenvalue weighted by molar-refractivity contribution is -0.152. The zero-order chi connectivity index (χ0) is 18.4. The number of aromatic nitrogens is 2. The van der Waals surface area contributed by atoms with E-state index in [1.165, 1.54) is 0 Å². The van der Waals surface area contributed by atoms with Gasteiger partial charge in [-0.1, -0.05) is 0 Å². The van der Waals surface area contributed by atoms with E-state index in [1.807, 2.05) is 56.3 Å². The lowest BCUT2D eigenvalue weighted by Crippen LogP contribution is -2.25. The number of H-pyrrole nitrogens is 1. The van der Waals surface area contributed by atoms with Crippen molar-refractivity contribution in [3.63, 3.8) is 0 Å². The predicted molar refractivity (Wildman–Crippen MR) is 101 cm³/mol. The van der Waals surface area contributed by atoms with Crippen molar-refractivity contribution in [1.82, 2.24) is 9.97 Å². The van der Waals surface area contributed by atoms with Crippen molar-refractivity contribution in [2.75, 3.05) is 26.9 Å². The van der Waals surface area contributed by atoms with Gasteiger partial charge in [0.1, 0.15) is 23.9 Å². The maximum absolute atomic E-state index is 5.76. The van der Waals surface area contributed by atoms with E-state index in [0.29, 0.717) is 19.8 Å². The molecule has 138 valence electrons. The number of methoxy groups -OCH3 is 1. The van der Waals surface area contributed by atoms with E-state index in [1.54, 1.807) is 7.11 Å². The number of nitrogens with zero attached hydrogens (tertiary/aromatic N) is 1. The molecular formula is C20H24N2O4. The average Bonchev–Trinajstić information content (AvgIpc) is 3.10. The van der Waals surface area contributed by atoms with Gasteiger partial charge in [0.25, 0.3) is 0 Å². The third-order valence-electron chi connectivity index (χ3n) is 3.91. The molecule has 6 nitrogen and oxygen atoms in total. The molecule has 3 aromatic rings. The van der Waals surface area contributed by atoms with Crippen LogP contribution in [-0.2, 0) is 9.47 Å². The lowest BCUT2D eigenvalue weighted by Gasteiger charge is -2.17. The van der Waals surface area contributed by atoms with Crippen molar-refractivity contribution < 1.29 is 18.9 Å². The number of ether oxygens (including phenoxy) is 4. The van der Waals surface area contributed by atoms with Crippen LogP contribution in [0.15, 0.2) is 42.5 Å². The molecule has 1 aromatic heterocycles. The second-order valence-corrected chi connectivity index (χ2v) is 5.64. The number of nitrogens with one attached hydrogen (secondary N) is 1. The summed E-state index contributed by atoms with van der Waals surface area (Å²) in [6.07, 6.45) is -0.352. The first kappa shape index (κ1) is 18.2. The molecule has 0 radical (unpaired) electrons. The Bertz CT molecular complexity index is 823. The van der Waals surface area contributed by atoms with Gasteiger partial charge in [0.2, 0.25) is 0 Å². The Kier molecular flexibility index (Phi) is 6.09. The Morgan fingerprint density at radius 3 is 2.31 bits per heavy atom. The van der Waals surface area contributed by atoms with Gasteiger partial charge in [-0.3, -0.25) is 0 Å². The van der Waals surface area contributed by atoms with Crippen molar-refractivity contribution in [3.8, 4) is 22.9 Å². The lowest BCUT2D eigenvalue weighted by atomic mass is 10.2. The Morgan fingerprint density at radius 2 is 1.65 bits per heavy atom. The summed E-state index contributed by atoms with van der Waals surface area (Å²) in [7, 11) is 1.65. The molecule has 0 aliphatic carbocycles. The van der Waals surface area contributed by atoms with E-state index in [0.717, 1.165) is 33.9 Å². The molecule has 0 saturated heterocycles. The van der Waals surface area contributed by atoms with Crippen LogP contribution in [0.25, 0.3) is 22.4 Å². The van der Waals surface area contributed by atoms with Gasteiger partial charge in [-0.25, -0.2) is 4.98 Å². The third-order valence-corrected chi connectivity index (χ3v) is 3.91. The molecule has 3 rings (SSSR count). The zero-order valence-corrected chi connectivity index (χ0v) is 15.3. The van der Waals surface area contributed by atoms with Crippen molar-refractivity contribution in [2.45, 2.75) is 20.1 Å². The standard InChI is InChI=1S/C20H24N2O4/c1-4-24-19(25-5-2)13-26-15-8-6-14(7-9-15)20-21-17-11-10-16(23-3)12-18(17)22-20/h6-12,19H,4-5,13H2,1-3H3,(H,21,22). The number of rotatable bonds is 9. The van der Waals surface area contributed by atoms with Crippen LogP contribution in [0.1, 0.15) is 13.8 Å². The minimum Gasteiger partial charge on any atom is -0.497 e. The smallest absolute Gasteiger partial charge is 0.191 e. The molecule has 26 heavy (non-hydrogen) atoms. The number of hydrogen-bond donors (Lipinski definition) is 1. The fourth-order valence-corrected chi connectivity index (χ4v) is 2.64. The summed E-state index contributed by atoms with van der Waals surface area (Å²) >= 11 is 0. The van der Waals surface area contributed by atoms with Crippen LogP contribution >= 0.6 is 0 Å². The summed E-state index contributed by atoms with van der Waals surface area (Å²) in [6, 6.07) is 13.5. The van der Waals surface area contributed by atoms with Crippen molar-refractivity contribution in [3.05, 3.63) is 42.5 Å². The monoisotopic (exact) mass is 356 g/mol. The van der Waals surface area contributed by atoms with E-state index < -0.39 is 0 Å². The zero-order valence-electron chi connectivity index (χ0n) is 15.3. The molecule has 0 saturated carbocycles. The highest BCUT2D eigenvalue weighted by Gasteiger charge is 2.10. The molecule has 0 bridgehead atoms. The van der Waals surface area contributed by atoms with Gasteiger partial charge in [-0.05, 0) is 50.2 Å². The molecule has 0 aliphatic heterocycles. The van der Waals surface area contributed by atoms with E-state index in [-0.39, 0.29) is 6.29 Å². The van der Waals surface area contributed by atoms with E-state index >= 15 is 0 Å². The molecule has 0 atom stereocenters. The molecule has 0 aliphatic rings. The van der Waals surface area contributed by atoms with Crippen molar-refractivity contribution in [2.24, 2.45) is 0 Å². The Balaban J connectivity index is 1.69. The first-order valence-corrected chi connectivity index (χ1v) is 8.73. The van der Waals surface area contributed by atoms with Gasteiger partial charge in [0.15, 0.2) is 6.29 Å². The van der Waals surface area contributed by atoms with Crippen molar-refractivity contribution in [1.29, 1.82) is 0 Å². The van der Waals surface area contributed by atoms with Gasteiger partial charge in [-0.2, -0.15) is 0 Å². The molecule has 6 heteroatoms. The normalized spacial score (nSPS) is 11.2. The SMILES string of the molecule is CCOC(COc1ccc(-c2nc3ccc(OC)cc3[nH]2)cc1)OCC. The van der Waals surface area contributed by atoms with Gasteiger partial charge in [-0.15, -0.1) is 0 Å². The molecule has 0 spiro atoms. The molecular weight excluding hydrogens is 332 g/mol. The maximum atomic E-state index is 5.76. The van der Waals surface area contributed by atoms with Crippen LogP contribution in [0, 0.1) is 0 Å². The van der Waals surface area contributed by atoms with Crippen LogP contribution < -0.4 is 9.47 Å². The number of hydrogen-bond acceptors (Lipinski definition) is 5. The summed E-state index contributed by atoms with van der Waals surface area (Å²) in [4.78, 5) is 7.94. The summed E-state index contributed by atoms with van der Waals surface area (Å²) < 4.78 is 22.0. The minimum absolute atomic E-state index is 0.352. The summed E-state index contributed by atoms with van der Waals surface area (Å²) in [5.41, 5.74) is 2.83. The van der Waals surface area contributed by atoms with Crippen LogP contribution in [0.5, 0.6) is 11.5 Å². The van der Waals surface area contributed by atoms with Gasteiger partial charge >= 0.3 is 0 Å². The van der Waals surface area contributed by atoms with Crippen LogP contribution in [0.3, 0.4) is 0 Å². The fraction of sp³-hybridized carbons (Fsp3) is 0.350. The van der Waals surface area contributed by atoms with Crippen molar-refractivity contribution >= 4 is 11.0 Å². The first-order chi connectivity index (χ1) is 12.7. The Labute approximate surface area is 153 Å². The summed E-state index contributed by atoms with van der Waals surface area (Å²) in [5, 5.41) is 0. The van der Waals surface area contributed by atoms with Gasteiger partial charge in [0.05, 0.1) is 18.1 Å². The highest BCUT2D eigenvalue weighted by atomic mass is 16.7. The van der Waals surface area contributed by atoms with E-state index in [2.05, 4.69) is 9.97 Å². The maximum Gasteiger partial charge on any atom is 0.191 e. The number of imidazole rings is 1. The molecule has 0 amide bonds. The van der Waals surface area contributed by atoms with Gasteiger partial charge in [0, 0.05) is 24.8 Å². The highest BCUT2D eigenvalue weighted by Crippen LogP contribution is 2.25. The molecule has 2 aromatic carbocycles. The fourth-order valence-electron chi connectivity index (χ4n) is 2.64. The molecule has 1 heterocycles. The molecule has 0 fully saturated rings. The second kappa shape index (κ2) is 8.69. The Morgan fingerprint density at radius 1 is 0.962 bits per heavy atom. The number of benzene rings is 2. The third kappa shape index (κ3) is 4.33. The predicted octanol–water partition coefficient (Wildman–Crippen LogP) is 4.02. The number of fused-ring (bicyclic) bond motifs is 1. The van der Waals surface area contributed by atoms with Crippen LogP contribution in [0.4, 0.5) is 0 Å². The minimum atomic E-state index is -0.352. The van der Waals surface area contributed by atoms with E-state index in [4.69, 9.17) is 18.9 Å².